The number of carbonyl (C=O) groups is 1. The zero-order valence-electron chi connectivity index (χ0n) is 14.0. The maximum atomic E-state index is 12.4. The summed E-state index contributed by atoms with van der Waals surface area (Å²) in [5, 5.41) is 11.1. The van der Waals surface area contributed by atoms with Crippen LogP contribution in [-0.2, 0) is 4.74 Å². The lowest BCUT2D eigenvalue weighted by Gasteiger charge is -2.17. The van der Waals surface area contributed by atoms with Gasteiger partial charge in [-0.15, -0.1) is 10.2 Å². The van der Waals surface area contributed by atoms with Crippen LogP contribution in [0.25, 0.3) is 0 Å². The van der Waals surface area contributed by atoms with Gasteiger partial charge in [0.05, 0.1) is 6.61 Å². The summed E-state index contributed by atoms with van der Waals surface area (Å²) in [6.45, 7) is 4.16. The maximum Gasteiger partial charge on any atom is 0.272 e. The number of aryl methyl sites for hydroxylation is 1. The second-order valence-electron chi connectivity index (χ2n) is 5.90. The fraction of sp³-hybridized carbons (Fsp3) is 0.471. The molecule has 7 nitrogen and oxygen atoms in total. The smallest absolute Gasteiger partial charge is 0.272 e. The Morgan fingerprint density at radius 1 is 1.29 bits per heavy atom. The highest BCUT2D eigenvalue weighted by molar-refractivity contribution is 5.92. The molecule has 0 saturated carbocycles. The number of amides is 1. The molecule has 1 aliphatic heterocycles. The molecule has 0 radical (unpaired) electrons. The van der Waals surface area contributed by atoms with E-state index in [1.54, 1.807) is 13.2 Å². The summed E-state index contributed by atoms with van der Waals surface area (Å²) in [7, 11) is 1.58. The van der Waals surface area contributed by atoms with Gasteiger partial charge < -0.3 is 19.4 Å². The first-order chi connectivity index (χ1) is 11.7. The fourth-order valence-corrected chi connectivity index (χ4v) is 2.80. The largest absolute Gasteiger partial charge is 0.464 e. The van der Waals surface area contributed by atoms with E-state index in [9.17, 15) is 4.79 Å². The first kappa shape index (κ1) is 16.4. The predicted molar refractivity (Wildman–Crippen MR) is 89.0 cm³/mol. The fourth-order valence-electron chi connectivity index (χ4n) is 2.80. The molecule has 2 aromatic rings. The quantitative estimate of drug-likeness (QED) is 0.873. The Balaban J connectivity index is 1.68. The number of furan rings is 1. The van der Waals surface area contributed by atoms with Crippen LogP contribution in [0.15, 0.2) is 28.7 Å². The molecule has 24 heavy (non-hydrogen) atoms. The van der Waals surface area contributed by atoms with Gasteiger partial charge in [-0.3, -0.25) is 4.79 Å². The van der Waals surface area contributed by atoms with Crippen molar-refractivity contribution in [2.75, 3.05) is 31.7 Å². The van der Waals surface area contributed by atoms with Crippen molar-refractivity contribution in [3.8, 4) is 0 Å². The number of nitrogens with zero attached hydrogens (tertiary/aromatic N) is 3. The van der Waals surface area contributed by atoms with Crippen LogP contribution in [0.4, 0.5) is 5.82 Å². The van der Waals surface area contributed by atoms with E-state index in [-0.39, 0.29) is 17.6 Å². The highest BCUT2D eigenvalue weighted by atomic mass is 16.5. The molecule has 1 saturated heterocycles. The first-order valence-electron chi connectivity index (χ1n) is 8.12. The van der Waals surface area contributed by atoms with Crippen LogP contribution in [0.2, 0.25) is 0 Å². The van der Waals surface area contributed by atoms with Crippen LogP contribution in [0.5, 0.6) is 0 Å². The Bertz CT molecular complexity index is 677. The molecule has 0 aliphatic carbocycles. The van der Waals surface area contributed by atoms with E-state index in [0.29, 0.717) is 12.4 Å². The Kier molecular flexibility index (Phi) is 5.10. The van der Waals surface area contributed by atoms with Gasteiger partial charge in [-0.05, 0) is 44.0 Å². The third-order valence-corrected chi connectivity index (χ3v) is 4.06. The molecule has 7 heteroatoms. The maximum absolute atomic E-state index is 12.4. The van der Waals surface area contributed by atoms with Crippen molar-refractivity contribution >= 4 is 11.7 Å². The summed E-state index contributed by atoms with van der Waals surface area (Å²) in [5.74, 6) is 1.96. The minimum atomic E-state index is -0.365. The SMILES string of the molecule is COCC(NC(=O)c1ccc(N2CCCC2)nn1)c1ccc(C)o1. The van der Waals surface area contributed by atoms with Crippen molar-refractivity contribution in [1.29, 1.82) is 0 Å². The molecule has 1 N–H and O–H groups in total. The molecule has 0 bridgehead atoms. The van der Waals surface area contributed by atoms with Gasteiger partial charge in [0.15, 0.2) is 11.5 Å². The lowest BCUT2D eigenvalue weighted by atomic mass is 10.2. The Labute approximate surface area is 141 Å². The molecule has 128 valence electrons. The molecule has 1 unspecified atom stereocenters. The Hall–Kier alpha value is -2.41. The van der Waals surface area contributed by atoms with Crippen molar-refractivity contribution in [2.24, 2.45) is 0 Å². The van der Waals surface area contributed by atoms with Gasteiger partial charge in [0.2, 0.25) is 0 Å². The van der Waals surface area contributed by atoms with E-state index in [4.69, 9.17) is 9.15 Å². The van der Waals surface area contributed by atoms with E-state index in [0.717, 1.165) is 24.7 Å². The van der Waals surface area contributed by atoms with Crippen molar-refractivity contribution in [3.63, 3.8) is 0 Å². The number of nitrogens with one attached hydrogen (secondary N) is 1. The predicted octanol–water partition coefficient (Wildman–Crippen LogP) is 2.10. The molecular formula is C17H22N4O3. The zero-order chi connectivity index (χ0) is 16.9. The topological polar surface area (TPSA) is 80.5 Å². The number of carbonyl (C=O) groups excluding carboxylic acids is 1. The summed E-state index contributed by atoms with van der Waals surface area (Å²) in [5.41, 5.74) is 0.280. The number of hydrogen-bond acceptors (Lipinski definition) is 6. The number of hydrogen-bond donors (Lipinski definition) is 1. The summed E-state index contributed by atoms with van der Waals surface area (Å²) in [6, 6.07) is 6.87. The highest BCUT2D eigenvalue weighted by Gasteiger charge is 2.20. The lowest BCUT2D eigenvalue weighted by Crippen LogP contribution is -2.32. The van der Waals surface area contributed by atoms with Gasteiger partial charge in [-0.2, -0.15) is 0 Å². The monoisotopic (exact) mass is 330 g/mol. The number of anilines is 1. The third kappa shape index (κ3) is 3.73. The van der Waals surface area contributed by atoms with E-state index in [1.807, 2.05) is 25.1 Å². The second kappa shape index (κ2) is 7.44. The van der Waals surface area contributed by atoms with Crippen molar-refractivity contribution in [3.05, 3.63) is 41.5 Å². The Morgan fingerprint density at radius 3 is 2.67 bits per heavy atom. The lowest BCUT2D eigenvalue weighted by molar-refractivity contribution is 0.0876. The number of rotatable bonds is 6. The minimum Gasteiger partial charge on any atom is -0.464 e. The summed E-state index contributed by atoms with van der Waals surface area (Å²) in [4.78, 5) is 14.6. The van der Waals surface area contributed by atoms with Gasteiger partial charge in [0.1, 0.15) is 17.6 Å². The zero-order valence-corrected chi connectivity index (χ0v) is 14.0. The average Bonchev–Trinajstić information content (AvgIpc) is 3.26. The van der Waals surface area contributed by atoms with Crippen LogP contribution in [-0.4, -0.2) is 42.9 Å². The second-order valence-corrected chi connectivity index (χ2v) is 5.90. The molecule has 1 amide bonds. The normalized spacial score (nSPS) is 15.5. The summed E-state index contributed by atoms with van der Waals surface area (Å²) in [6.07, 6.45) is 2.34. The number of ether oxygens (including phenoxy) is 1. The first-order valence-corrected chi connectivity index (χ1v) is 8.12. The molecule has 0 spiro atoms. The van der Waals surface area contributed by atoms with Crippen LogP contribution in [0.1, 0.15) is 40.9 Å². The van der Waals surface area contributed by atoms with E-state index in [1.165, 1.54) is 12.8 Å². The van der Waals surface area contributed by atoms with Gasteiger partial charge in [0.25, 0.3) is 5.91 Å². The van der Waals surface area contributed by atoms with Crippen LogP contribution < -0.4 is 10.2 Å². The molecule has 0 aromatic carbocycles. The van der Waals surface area contributed by atoms with Gasteiger partial charge in [-0.1, -0.05) is 0 Å². The highest BCUT2D eigenvalue weighted by Crippen LogP contribution is 2.18. The minimum absolute atomic E-state index is 0.280. The number of aromatic nitrogens is 2. The molecule has 3 heterocycles. The van der Waals surface area contributed by atoms with Crippen molar-refractivity contribution in [2.45, 2.75) is 25.8 Å². The molecule has 1 atom stereocenters. The van der Waals surface area contributed by atoms with Crippen molar-refractivity contribution in [1.82, 2.24) is 15.5 Å². The standard InChI is InChI=1S/C17H22N4O3/c1-12-5-7-15(24-12)14(11-23-2)18-17(22)13-6-8-16(20-19-13)21-9-3-4-10-21/h5-8,14H,3-4,9-11H2,1-2H3,(H,18,22). The van der Waals surface area contributed by atoms with E-state index in [2.05, 4.69) is 20.4 Å². The molecular weight excluding hydrogens is 308 g/mol. The molecule has 1 fully saturated rings. The third-order valence-electron chi connectivity index (χ3n) is 4.06. The van der Waals surface area contributed by atoms with Gasteiger partial charge >= 0.3 is 0 Å². The molecule has 1 aliphatic rings. The van der Waals surface area contributed by atoms with Crippen LogP contribution in [0, 0.1) is 6.92 Å². The average molecular weight is 330 g/mol. The molecule has 2 aromatic heterocycles. The van der Waals surface area contributed by atoms with E-state index >= 15 is 0 Å². The Morgan fingerprint density at radius 2 is 2.08 bits per heavy atom. The summed E-state index contributed by atoms with van der Waals surface area (Å²) < 4.78 is 10.8. The molecule has 3 rings (SSSR count). The van der Waals surface area contributed by atoms with Crippen LogP contribution >= 0.6 is 0 Å². The van der Waals surface area contributed by atoms with Gasteiger partial charge in [0, 0.05) is 20.2 Å². The van der Waals surface area contributed by atoms with E-state index < -0.39 is 0 Å². The number of methoxy groups -OCH3 is 1. The van der Waals surface area contributed by atoms with Gasteiger partial charge in [-0.25, -0.2) is 0 Å². The van der Waals surface area contributed by atoms with Crippen LogP contribution in [0.3, 0.4) is 0 Å². The van der Waals surface area contributed by atoms with Crippen molar-refractivity contribution < 1.29 is 13.9 Å². The summed E-state index contributed by atoms with van der Waals surface area (Å²) >= 11 is 0.